The molecular weight excluding hydrogens is 328 g/mol. The van der Waals surface area contributed by atoms with Crippen molar-refractivity contribution in [2.24, 2.45) is 0 Å². The zero-order valence-electron chi connectivity index (χ0n) is 13.7. The fourth-order valence-corrected chi connectivity index (χ4v) is 2.75. The Morgan fingerprint density at radius 3 is 2.60 bits per heavy atom. The molecule has 0 atom stereocenters. The van der Waals surface area contributed by atoms with Gasteiger partial charge < -0.3 is 14.5 Å². The summed E-state index contributed by atoms with van der Waals surface area (Å²) in [6.45, 7) is 2.21. The summed E-state index contributed by atoms with van der Waals surface area (Å²) in [6, 6.07) is 9.05. The molecule has 1 aromatic heterocycles. The number of amides is 1. The van der Waals surface area contributed by atoms with Crippen LogP contribution >= 0.6 is 0 Å². The molecule has 3 rings (SSSR count). The molecule has 25 heavy (non-hydrogen) atoms. The number of ether oxygens (including phenoxy) is 1. The van der Waals surface area contributed by atoms with Crippen LogP contribution in [0.4, 0.5) is 14.5 Å². The second kappa shape index (κ2) is 8.02. The maximum absolute atomic E-state index is 13.8. The molecule has 0 N–H and O–H groups in total. The lowest BCUT2D eigenvalue weighted by atomic mass is 10.2. The van der Waals surface area contributed by atoms with Crippen LogP contribution in [0, 0.1) is 11.6 Å². The molecule has 5 nitrogen and oxygen atoms in total. The Morgan fingerprint density at radius 1 is 1.12 bits per heavy atom. The van der Waals surface area contributed by atoms with Gasteiger partial charge in [0.1, 0.15) is 18.2 Å². The van der Waals surface area contributed by atoms with Gasteiger partial charge in [-0.15, -0.1) is 0 Å². The van der Waals surface area contributed by atoms with E-state index in [1.807, 2.05) is 23.1 Å². The molecule has 132 valence electrons. The molecule has 0 spiro atoms. The average Bonchev–Trinajstić information content (AvgIpc) is 2.63. The Bertz CT molecular complexity index is 720. The standard InChI is InChI=1S/C18H19F2N3O2/c19-14-4-5-17(16(20)11-14)22-7-9-23(10-8-22)18(24)13-25-12-15-3-1-2-6-21-15/h1-6,11H,7-10,12-13H2. The maximum atomic E-state index is 13.8. The van der Waals surface area contributed by atoms with Gasteiger partial charge in [0.15, 0.2) is 0 Å². The molecule has 1 amide bonds. The number of piperazine rings is 1. The summed E-state index contributed by atoms with van der Waals surface area (Å²) in [5, 5.41) is 0. The van der Waals surface area contributed by atoms with Gasteiger partial charge in [0.25, 0.3) is 0 Å². The van der Waals surface area contributed by atoms with E-state index in [-0.39, 0.29) is 19.1 Å². The van der Waals surface area contributed by atoms with Crippen molar-refractivity contribution < 1.29 is 18.3 Å². The van der Waals surface area contributed by atoms with E-state index in [0.717, 1.165) is 11.8 Å². The lowest BCUT2D eigenvalue weighted by Gasteiger charge is -2.36. The molecule has 0 bridgehead atoms. The highest BCUT2D eigenvalue weighted by atomic mass is 19.1. The van der Waals surface area contributed by atoms with Crippen LogP contribution < -0.4 is 4.90 Å². The highest BCUT2D eigenvalue weighted by Gasteiger charge is 2.23. The van der Waals surface area contributed by atoms with E-state index in [2.05, 4.69) is 4.98 Å². The van der Waals surface area contributed by atoms with Gasteiger partial charge in [-0.05, 0) is 24.3 Å². The molecular formula is C18H19F2N3O2. The SMILES string of the molecule is O=C(COCc1ccccn1)N1CCN(c2ccc(F)cc2F)CC1. The Labute approximate surface area is 144 Å². The van der Waals surface area contributed by atoms with Crippen molar-refractivity contribution in [3.63, 3.8) is 0 Å². The van der Waals surface area contributed by atoms with E-state index in [4.69, 9.17) is 4.74 Å². The second-order valence-corrected chi connectivity index (χ2v) is 5.78. The van der Waals surface area contributed by atoms with Crippen LogP contribution in [0.25, 0.3) is 0 Å². The zero-order chi connectivity index (χ0) is 17.6. The predicted molar refractivity (Wildman–Crippen MR) is 89.0 cm³/mol. The molecule has 2 heterocycles. The first kappa shape index (κ1) is 17.3. The van der Waals surface area contributed by atoms with E-state index in [1.54, 1.807) is 11.1 Å². The van der Waals surface area contributed by atoms with Gasteiger partial charge in [-0.2, -0.15) is 0 Å². The number of benzene rings is 1. The first-order valence-electron chi connectivity index (χ1n) is 8.09. The van der Waals surface area contributed by atoms with E-state index >= 15 is 0 Å². The Morgan fingerprint density at radius 2 is 1.92 bits per heavy atom. The molecule has 1 aliphatic heterocycles. The number of hydrogen-bond donors (Lipinski definition) is 0. The largest absolute Gasteiger partial charge is 0.366 e. The molecule has 0 aliphatic carbocycles. The summed E-state index contributed by atoms with van der Waals surface area (Å²) in [7, 11) is 0. The monoisotopic (exact) mass is 347 g/mol. The third kappa shape index (κ3) is 4.51. The van der Waals surface area contributed by atoms with Crippen molar-refractivity contribution in [2.75, 3.05) is 37.7 Å². The third-order valence-corrected chi connectivity index (χ3v) is 4.08. The van der Waals surface area contributed by atoms with Gasteiger partial charge in [0.05, 0.1) is 18.0 Å². The van der Waals surface area contributed by atoms with Gasteiger partial charge in [-0.3, -0.25) is 9.78 Å². The second-order valence-electron chi connectivity index (χ2n) is 5.78. The van der Waals surface area contributed by atoms with Crippen molar-refractivity contribution in [1.82, 2.24) is 9.88 Å². The highest BCUT2D eigenvalue weighted by Crippen LogP contribution is 2.21. The number of pyridine rings is 1. The summed E-state index contributed by atoms with van der Waals surface area (Å²) < 4.78 is 32.2. The minimum atomic E-state index is -0.597. The van der Waals surface area contributed by atoms with Crippen LogP contribution in [0.1, 0.15) is 5.69 Å². The molecule has 2 aromatic rings. The van der Waals surface area contributed by atoms with E-state index < -0.39 is 11.6 Å². The molecule has 1 saturated heterocycles. The molecule has 7 heteroatoms. The normalized spacial score (nSPS) is 14.6. The molecule has 1 fully saturated rings. The van der Waals surface area contributed by atoms with Crippen molar-refractivity contribution in [3.05, 3.63) is 59.9 Å². The van der Waals surface area contributed by atoms with Gasteiger partial charge >= 0.3 is 0 Å². The smallest absolute Gasteiger partial charge is 0.248 e. The minimum Gasteiger partial charge on any atom is -0.366 e. The summed E-state index contributed by atoms with van der Waals surface area (Å²) in [5.41, 5.74) is 1.13. The fourth-order valence-electron chi connectivity index (χ4n) is 2.75. The van der Waals surface area contributed by atoms with Crippen LogP contribution in [-0.2, 0) is 16.1 Å². The molecule has 0 saturated carbocycles. The summed E-state index contributed by atoms with van der Waals surface area (Å²) in [5.74, 6) is -1.28. The number of rotatable bonds is 5. The van der Waals surface area contributed by atoms with E-state index in [1.165, 1.54) is 12.1 Å². The molecule has 0 radical (unpaired) electrons. The van der Waals surface area contributed by atoms with Crippen molar-refractivity contribution in [1.29, 1.82) is 0 Å². The molecule has 1 aliphatic rings. The summed E-state index contributed by atoms with van der Waals surface area (Å²) in [6.07, 6.45) is 1.67. The van der Waals surface area contributed by atoms with Crippen molar-refractivity contribution in [3.8, 4) is 0 Å². The summed E-state index contributed by atoms with van der Waals surface area (Å²) in [4.78, 5) is 19.8. The van der Waals surface area contributed by atoms with Crippen molar-refractivity contribution in [2.45, 2.75) is 6.61 Å². The number of aromatic nitrogens is 1. The number of anilines is 1. The molecule has 0 unspecified atom stereocenters. The molecule has 1 aromatic carbocycles. The number of carbonyl (C=O) groups excluding carboxylic acids is 1. The quantitative estimate of drug-likeness (QED) is 0.832. The number of nitrogens with zero attached hydrogens (tertiary/aromatic N) is 3. The Hall–Kier alpha value is -2.54. The summed E-state index contributed by atoms with van der Waals surface area (Å²) >= 11 is 0. The Kier molecular flexibility index (Phi) is 5.55. The van der Waals surface area contributed by atoms with Crippen molar-refractivity contribution >= 4 is 11.6 Å². The van der Waals surface area contributed by atoms with Gasteiger partial charge in [-0.25, -0.2) is 8.78 Å². The number of halogens is 2. The van der Waals surface area contributed by atoms with Crippen LogP contribution in [-0.4, -0.2) is 48.6 Å². The van der Waals surface area contributed by atoms with Crippen LogP contribution in [0.2, 0.25) is 0 Å². The average molecular weight is 347 g/mol. The van der Waals surface area contributed by atoms with E-state index in [0.29, 0.717) is 31.9 Å². The lowest BCUT2D eigenvalue weighted by Crippen LogP contribution is -2.50. The highest BCUT2D eigenvalue weighted by molar-refractivity contribution is 5.77. The Balaban J connectivity index is 1.46. The fraction of sp³-hybridized carbons (Fsp3) is 0.333. The first-order chi connectivity index (χ1) is 12.1. The third-order valence-electron chi connectivity index (χ3n) is 4.08. The van der Waals surface area contributed by atoms with Crippen LogP contribution in [0.5, 0.6) is 0 Å². The predicted octanol–water partition coefficient (Wildman–Crippen LogP) is 2.23. The van der Waals surface area contributed by atoms with E-state index in [9.17, 15) is 13.6 Å². The van der Waals surface area contributed by atoms with Gasteiger partial charge in [0, 0.05) is 38.4 Å². The zero-order valence-corrected chi connectivity index (χ0v) is 13.7. The number of hydrogen-bond acceptors (Lipinski definition) is 4. The van der Waals surface area contributed by atoms with Gasteiger partial charge in [0.2, 0.25) is 5.91 Å². The van der Waals surface area contributed by atoms with Crippen LogP contribution in [0.3, 0.4) is 0 Å². The topological polar surface area (TPSA) is 45.7 Å². The van der Waals surface area contributed by atoms with Gasteiger partial charge in [-0.1, -0.05) is 6.07 Å². The number of carbonyl (C=O) groups is 1. The maximum Gasteiger partial charge on any atom is 0.248 e. The van der Waals surface area contributed by atoms with Crippen LogP contribution in [0.15, 0.2) is 42.6 Å². The first-order valence-corrected chi connectivity index (χ1v) is 8.09. The lowest BCUT2D eigenvalue weighted by molar-refractivity contribution is -0.136. The minimum absolute atomic E-state index is 0.0124.